The van der Waals surface area contributed by atoms with Crippen LogP contribution >= 0.6 is 0 Å². The van der Waals surface area contributed by atoms with Crippen LogP contribution in [0.2, 0.25) is 0 Å². The van der Waals surface area contributed by atoms with Gasteiger partial charge in [-0.1, -0.05) is 24.3 Å². The molecule has 19 heavy (non-hydrogen) atoms. The Hall–Kier alpha value is -2.43. The molecule has 1 amide bonds. The van der Waals surface area contributed by atoms with Gasteiger partial charge >= 0.3 is 0 Å². The topological polar surface area (TPSA) is 80.9 Å². The molecule has 0 atom stereocenters. The zero-order valence-electron chi connectivity index (χ0n) is 10.3. The number of nitrogens with zero attached hydrogens (tertiary/aromatic N) is 2. The van der Waals surface area contributed by atoms with Crippen molar-refractivity contribution in [1.82, 2.24) is 15.5 Å². The Balaban J connectivity index is 1.67. The number of carbonyl (C=O) groups is 1. The van der Waals surface area contributed by atoms with Crippen molar-refractivity contribution in [3.63, 3.8) is 0 Å². The smallest absolute Gasteiger partial charge is 0.272 e. The second-order valence-electron chi connectivity index (χ2n) is 4.69. The third-order valence-electron chi connectivity index (χ3n) is 3.30. The number of rotatable bonds is 2. The van der Waals surface area contributed by atoms with Gasteiger partial charge in [0, 0.05) is 6.04 Å². The molecule has 1 aliphatic rings. The molecule has 0 aliphatic heterocycles. The van der Waals surface area contributed by atoms with E-state index in [0.717, 1.165) is 12.8 Å². The number of aromatic nitrogens is 2. The first-order valence-electron chi connectivity index (χ1n) is 6.19. The SMILES string of the molecule is Nc1ccc(C(=O)NC2Cc3ccccc3C2)nn1. The van der Waals surface area contributed by atoms with Gasteiger partial charge in [0.2, 0.25) is 0 Å². The minimum Gasteiger partial charge on any atom is -0.382 e. The molecule has 5 nitrogen and oxygen atoms in total. The largest absolute Gasteiger partial charge is 0.382 e. The number of fused-ring (bicyclic) bond motifs is 1. The van der Waals surface area contributed by atoms with Crippen molar-refractivity contribution >= 4 is 11.7 Å². The summed E-state index contributed by atoms with van der Waals surface area (Å²) in [6.07, 6.45) is 1.73. The summed E-state index contributed by atoms with van der Waals surface area (Å²) in [6.45, 7) is 0. The number of anilines is 1. The summed E-state index contributed by atoms with van der Waals surface area (Å²) in [4.78, 5) is 12.0. The van der Waals surface area contributed by atoms with Crippen LogP contribution in [0.25, 0.3) is 0 Å². The molecule has 0 radical (unpaired) electrons. The van der Waals surface area contributed by atoms with E-state index in [2.05, 4.69) is 27.6 Å². The fourth-order valence-corrected chi connectivity index (χ4v) is 2.38. The molecule has 1 aromatic heterocycles. The first kappa shape index (κ1) is 11.6. The second kappa shape index (κ2) is 4.68. The first-order valence-corrected chi connectivity index (χ1v) is 6.19. The van der Waals surface area contributed by atoms with Crippen LogP contribution in [-0.2, 0) is 12.8 Å². The maximum absolute atomic E-state index is 12.0. The molecule has 5 heteroatoms. The lowest BCUT2D eigenvalue weighted by Gasteiger charge is -2.11. The predicted molar refractivity (Wildman–Crippen MR) is 71.5 cm³/mol. The van der Waals surface area contributed by atoms with E-state index in [-0.39, 0.29) is 11.9 Å². The lowest BCUT2D eigenvalue weighted by molar-refractivity contribution is 0.0932. The Kier molecular flexibility index (Phi) is 2.87. The highest BCUT2D eigenvalue weighted by Gasteiger charge is 2.23. The molecule has 2 aromatic rings. The van der Waals surface area contributed by atoms with Gasteiger partial charge in [0.15, 0.2) is 5.69 Å². The Labute approximate surface area is 110 Å². The third kappa shape index (κ3) is 2.40. The number of hydrogen-bond acceptors (Lipinski definition) is 4. The van der Waals surface area contributed by atoms with Gasteiger partial charge < -0.3 is 11.1 Å². The number of amides is 1. The second-order valence-corrected chi connectivity index (χ2v) is 4.69. The molecule has 0 saturated carbocycles. The van der Waals surface area contributed by atoms with Gasteiger partial charge in [0.1, 0.15) is 5.82 Å². The quantitative estimate of drug-likeness (QED) is 0.836. The van der Waals surface area contributed by atoms with Crippen molar-refractivity contribution in [2.45, 2.75) is 18.9 Å². The highest BCUT2D eigenvalue weighted by molar-refractivity contribution is 5.92. The van der Waals surface area contributed by atoms with Crippen molar-refractivity contribution in [3.8, 4) is 0 Å². The summed E-state index contributed by atoms with van der Waals surface area (Å²) >= 11 is 0. The van der Waals surface area contributed by atoms with E-state index in [1.165, 1.54) is 11.1 Å². The first-order chi connectivity index (χ1) is 9.22. The van der Waals surface area contributed by atoms with Gasteiger partial charge in [-0.15, -0.1) is 10.2 Å². The zero-order valence-corrected chi connectivity index (χ0v) is 10.3. The van der Waals surface area contributed by atoms with Crippen molar-refractivity contribution in [3.05, 3.63) is 53.2 Å². The lowest BCUT2D eigenvalue weighted by Crippen LogP contribution is -2.35. The van der Waals surface area contributed by atoms with Crippen LogP contribution < -0.4 is 11.1 Å². The van der Waals surface area contributed by atoms with Crippen molar-refractivity contribution < 1.29 is 4.79 Å². The molecule has 0 spiro atoms. The molecule has 1 aromatic carbocycles. The molecule has 0 saturated heterocycles. The number of nitrogens with one attached hydrogen (secondary N) is 1. The van der Waals surface area contributed by atoms with Crippen LogP contribution in [0.3, 0.4) is 0 Å². The zero-order chi connectivity index (χ0) is 13.2. The molecular formula is C14H14N4O. The Morgan fingerprint density at radius 3 is 2.37 bits per heavy atom. The van der Waals surface area contributed by atoms with E-state index in [4.69, 9.17) is 5.73 Å². The van der Waals surface area contributed by atoms with Gasteiger partial charge in [0.05, 0.1) is 0 Å². The van der Waals surface area contributed by atoms with E-state index in [1.807, 2.05) is 12.1 Å². The van der Waals surface area contributed by atoms with E-state index >= 15 is 0 Å². The summed E-state index contributed by atoms with van der Waals surface area (Å²) in [5.74, 6) is 0.107. The van der Waals surface area contributed by atoms with Gasteiger partial charge in [0.25, 0.3) is 5.91 Å². The highest BCUT2D eigenvalue weighted by Crippen LogP contribution is 2.21. The van der Waals surface area contributed by atoms with E-state index in [9.17, 15) is 4.79 Å². The number of hydrogen-bond donors (Lipinski definition) is 2. The van der Waals surface area contributed by atoms with Crippen molar-refractivity contribution in [2.24, 2.45) is 0 Å². The summed E-state index contributed by atoms with van der Waals surface area (Å²) in [7, 11) is 0. The van der Waals surface area contributed by atoms with Crippen LogP contribution in [0.5, 0.6) is 0 Å². The molecule has 96 valence electrons. The van der Waals surface area contributed by atoms with Crippen LogP contribution in [0.15, 0.2) is 36.4 Å². The monoisotopic (exact) mass is 254 g/mol. The van der Waals surface area contributed by atoms with Crippen molar-refractivity contribution in [1.29, 1.82) is 0 Å². The molecule has 1 aliphatic carbocycles. The van der Waals surface area contributed by atoms with Crippen LogP contribution in [0, 0.1) is 0 Å². The van der Waals surface area contributed by atoms with E-state index < -0.39 is 0 Å². The lowest BCUT2D eigenvalue weighted by atomic mass is 10.1. The Bertz CT molecular complexity index is 584. The predicted octanol–water partition coefficient (Wildman–Crippen LogP) is 0.956. The normalized spacial score (nSPS) is 14.1. The minimum absolute atomic E-state index is 0.129. The Morgan fingerprint density at radius 2 is 1.79 bits per heavy atom. The average Bonchev–Trinajstić information content (AvgIpc) is 2.81. The van der Waals surface area contributed by atoms with Gasteiger partial charge in [-0.25, -0.2) is 0 Å². The molecule has 0 bridgehead atoms. The van der Waals surface area contributed by atoms with E-state index in [0.29, 0.717) is 11.5 Å². The third-order valence-corrected chi connectivity index (χ3v) is 3.30. The Morgan fingerprint density at radius 1 is 1.11 bits per heavy atom. The van der Waals surface area contributed by atoms with Crippen molar-refractivity contribution in [2.75, 3.05) is 5.73 Å². The molecule has 3 rings (SSSR count). The number of carbonyl (C=O) groups excluding carboxylic acids is 1. The maximum atomic E-state index is 12.0. The summed E-state index contributed by atoms with van der Waals surface area (Å²) in [5, 5.41) is 10.4. The summed E-state index contributed by atoms with van der Waals surface area (Å²) < 4.78 is 0. The summed E-state index contributed by atoms with van der Waals surface area (Å²) in [6, 6.07) is 11.5. The van der Waals surface area contributed by atoms with Gasteiger partial charge in [-0.3, -0.25) is 4.79 Å². The minimum atomic E-state index is -0.203. The van der Waals surface area contributed by atoms with E-state index in [1.54, 1.807) is 12.1 Å². The fourth-order valence-electron chi connectivity index (χ4n) is 2.38. The molecule has 0 fully saturated rings. The van der Waals surface area contributed by atoms with Crippen LogP contribution in [0.1, 0.15) is 21.6 Å². The number of nitrogens with two attached hydrogens (primary N) is 1. The molecule has 1 heterocycles. The number of benzene rings is 1. The van der Waals surface area contributed by atoms with Gasteiger partial charge in [-0.2, -0.15) is 0 Å². The highest BCUT2D eigenvalue weighted by atomic mass is 16.2. The number of nitrogen functional groups attached to an aromatic ring is 1. The standard InChI is InChI=1S/C14H14N4O/c15-13-6-5-12(17-18-13)14(19)16-11-7-9-3-1-2-4-10(9)8-11/h1-6,11H,7-8H2,(H2,15,18)(H,16,19). The average molecular weight is 254 g/mol. The van der Waals surface area contributed by atoms with Gasteiger partial charge in [-0.05, 0) is 36.1 Å². The fraction of sp³-hybridized carbons (Fsp3) is 0.214. The van der Waals surface area contributed by atoms with Crippen LogP contribution in [-0.4, -0.2) is 22.1 Å². The summed E-state index contributed by atoms with van der Waals surface area (Å²) in [5.41, 5.74) is 8.34. The van der Waals surface area contributed by atoms with Crippen LogP contribution in [0.4, 0.5) is 5.82 Å². The molecule has 3 N–H and O–H groups in total. The maximum Gasteiger partial charge on any atom is 0.272 e. The molecular weight excluding hydrogens is 240 g/mol. The molecule has 0 unspecified atom stereocenters.